The number of carboxylic acids is 1. The summed E-state index contributed by atoms with van der Waals surface area (Å²) < 4.78 is 5.08. The van der Waals surface area contributed by atoms with Gasteiger partial charge < -0.3 is 20.0 Å². The van der Waals surface area contributed by atoms with Crippen molar-refractivity contribution in [1.29, 1.82) is 0 Å². The first kappa shape index (κ1) is 13.0. The second-order valence-corrected chi connectivity index (χ2v) is 4.53. The maximum atomic E-state index is 10.8. The van der Waals surface area contributed by atoms with E-state index in [4.69, 9.17) is 9.84 Å². The first-order valence-electron chi connectivity index (χ1n) is 5.06. The average Bonchev–Trinajstić information content (AvgIpc) is 2.87. The molecule has 0 saturated heterocycles. The van der Waals surface area contributed by atoms with Crippen LogP contribution in [-0.4, -0.2) is 28.1 Å². The lowest BCUT2D eigenvalue weighted by atomic mass is 10.2. The maximum absolute atomic E-state index is 10.8. The highest BCUT2D eigenvalue weighted by Gasteiger charge is 2.20. The van der Waals surface area contributed by atoms with E-state index in [2.05, 4.69) is 4.98 Å². The summed E-state index contributed by atoms with van der Waals surface area (Å²) in [6, 6.07) is 5.62. The second kappa shape index (κ2) is 5.02. The third kappa shape index (κ3) is 2.52. The summed E-state index contributed by atoms with van der Waals surface area (Å²) in [5.74, 6) is -1.02. The third-order valence-corrected chi connectivity index (χ3v) is 3.38. The Balaban J connectivity index is 2.54. The van der Waals surface area contributed by atoms with Crippen molar-refractivity contribution in [1.82, 2.24) is 4.98 Å². The van der Waals surface area contributed by atoms with E-state index in [1.807, 2.05) is 0 Å². The number of carboxylic acid groups (broad SMARTS) is 1. The smallest absolute Gasteiger partial charge is 0.364 e. The molecule has 0 bridgehead atoms. The largest absolute Gasteiger partial charge is 0.492 e. The van der Waals surface area contributed by atoms with Crippen LogP contribution in [0.3, 0.4) is 0 Å². The van der Waals surface area contributed by atoms with Crippen LogP contribution in [-0.2, 0) is 0 Å². The van der Waals surface area contributed by atoms with Crippen LogP contribution >= 0.6 is 11.3 Å². The molecule has 0 unspecified atom stereocenters. The number of aromatic carboxylic acids is 1. The van der Waals surface area contributed by atoms with Crippen molar-refractivity contribution in [2.75, 3.05) is 7.11 Å². The number of hydrogen-bond donors (Lipinski definition) is 1. The van der Waals surface area contributed by atoms with E-state index in [1.54, 1.807) is 6.07 Å². The van der Waals surface area contributed by atoms with E-state index in [1.165, 1.54) is 25.3 Å². The molecule has 2 heterocycles. The zero-order valence-corrected chi connectivity index (χ0v) is 10.5. The van der Waals surface area contributed by atoms with Gasteiger partial charge in [0, 0.05) is 6.07 Å². The number of carbonyl (C=O) groups is 1. The fourth-order valence-corrected chi connectivity index (χ4v) is 2.30. The van der Waals surface area contributed by atoms with Crippen molar-refractivity contribution in [3.05, 3.63) is 39.3 Å². The van der Waals surface area contributed by atoms with E-state index in [9.17, 15) is 14.9 Å². The van der Waals surface area contributed by atoms with Crippen molar-refractivity contribution in [3.63, 3.8) is 0 Å². The summed E-state index contributed by atoms with van der Waals surface area (Å²) in [5, 5.41) is 19.6. The molecule has 0 aliphatic rings. The number of nitrogens with zero attached hydrogens (tertiary/aromatic N) is 2. The molecule has 8 heteroatoms. The van der Waals surface area contributed by atoms with Gasteiger partial charge in [-0.15, -0.1) is 11.3 Å². The number of hydrogen-bond acceptors (Lipinski definition) is 6. The van der Waals surface area contributed by atoms with Crippen LogP contribution in [0.1, 0.15) is 9.67 Å². The zero-order valence-electron chi connectivity index (χ0n) is 9.69. The summed E-state index contributed by atoms with van der Waals surface area (Å²) in [6.07, 6.45) is 0. The number of aromatic nitrogens is 1. The Morgan fingerprint density at radius 2 is 2.16 bits per heavy atom. The molecule has 7 nitrogen and oxygen atoms in total. The monoisotopic (exact) mass is 280 g/mol. The SMILES string of the molecule is COc1ccc([N+](=O)[O-])nc1-c1ccc(C(=O)O)s1. The fourth-order valence-electron chi connectivity index (χ4n) is 1.46. The molecule has 0 spiro atoms. The van der Waals surface area contributed by atoms with Gasteiger partial charge in [-0.05, 0) is 28.1 Å². The van der Waals surface area contributed by atoms with Crippen LogP contribution in [0, 0.1) is 10.1 Å². The number of nitro groups is 1. The normalized spacial score (nSPS) is 10.2. The molecule has 0 aliphatic carbocycles. The van der Waals surface area contributed by atoms with Gasteiger partial charge in [0.2, 0.25) is 5.69 Å². The van der Waals surface area contributed by atoms with Crippen LogP contribution in [0.15, 0.2) is 24.3 Å². The number of ether oxygens (including phenoxy) is 1. The molecule has 1 N–H and O–H groups in total. The third-order valence-electron chi connectivity index (χ3n) is 2.30. The molecule has 0 aromatic carbocycles. The van der Waals surface area contributed by atoms with Crippen molar-refractivity contribution in [2.45, 2.75) is 0 Å². The highest BCUT2D eigenvalue weighted by atomic mass is 32.1. The van der Waals surface area contributed by atoms with E-state index < -0.39 is 10.9 Å². The Morgan fingerprint density at radius 3 is 2.68 bits per heavy atom. The van der Waals surface area contributed by atoms with Gasteiger partial charge in [-0.1, -0.05) is 0 Å². The Morgan fingerprint density at radius 1 is 1.42 bits per heavy atom. The van der Waals surface area contributed by atoms with Crippen LogP contribution < -0.4 is 4.74 Å². The second-order valence-electron chi connectivity index (χ2n) is 3.45. The molecule has 0 aliphatic heterocycles. The van der Waals surface area contributed by atoms with Gasteiger partial charge >= 0.3 is 11.8 Å². The standard InChI is InChI=1S/C11H8N2O5S/c1-18-6-2-5-9(13(16)17)12-10(6)7-3-4-8(19-7)11(14)15/h2-5H,1H3,(H,14,15). The molecular formula is C11H8N2O5S. The molecule has 0 atom stereocenters. The zero-order chi connectivity index (χ0) is 14.0. The predicted molar refractivity (Wildman–Crippen MR) is 67.7 cm³/mol. The Bertz CT molecular complexity index is 652. The van der Waals surface area contributed by atoms with Crippen molar-refractivity contribution >= 4 is 23.1 Å². The maximum Gasteiger partial charge on any atom is 0.364 e. The first-order valence-corrected chi connectivity index (χ1v) is 5.87. The van der Waals surface area contributed by atoms with E-state index in [0.717, 1.165) is 11.3 Å². The van der Waals surface area contributed by atoms with E-state index in [-0.39, 0.29) is 16.4 Å². The summed E-state index contributed by atoms with van der Waals surface area (Å²) in [5.41, 5.74) is 0.259. The van der Waals surface area contributed by atoms with Gasteiger partial charge in [-0.2, -0.15) is 0 Å². The number of rotatable bonds is 4. The number of methoxy groups -OCH3 is 1. The molecule has 19 heavy (non-hydrogen) atoms. The van der Waals surface area contributed by atoms with Crippen LogP contribution in [0.5, 0.6) is 5.75 Å². The van der Waals surface area contributed by atoms with E-state index in [0.29, 0.717) is 10.6 Å². The van der Waals surface area contributed by atoms with Crippen molar-refractivity contribution < 1.29 is 19.6 Å². The summed E-state index contributed by atoms with van der Waals surface area (Å²) in [6.45, 7) is 0. The molecule has 2 aromatic rings. The first-order chi connectivity index (χ1) is 9.02. The lowest BCUT2D eigenvalue weighted by Gasteiger charge is -2.01. The summed E-state index contributed by atoms with van der Waals surface area (Å²) in [4.78, 5) is 25.4. The Labute approximate surface area is 111 Å². The van der Waals surface area contributed by atoms with Gasteiger partial charge in [0.1, 0.15) is 4.88 Å². The molecule has 0 saturated carbocycles. The van der Waals surface area contributed by atoms with Crippen LogP contribution in [0.2, 0.25) is 0 Å². The predicted octanol–water partition coefficient (Wildman–Crippen LogP) is 2.43. The van der Waals surface area contributed by atoms with Gasteiger partial charge in [0.05, 0.1) is 12.0 Å². The number of pyridine rings is 1. The lowest BCUT2D eigenvalue weighted by Crippen LogP contribution is -1.96. The van der Waals surface area contributed by atoms with E-state index >= 15 is 0 Å². The average molecular weight is 280 g/mol. The molecule has 0 fully saturated rings. The molecule has 98 valence electrons. The molecule has 0 radical (unpaired) electrons. The highest BCUT2D eigenvalue weighted by molar-refractivity contribution is 7.17. The molecular weight excluding hydrogens is 272 g/mol. The van der Waals surface area contributed by atoms with Crippen LogP contribution in [0.25, 0.3) is 10.6 Å². The van der Waals surface area contributed by atoms with Gasteiger partial charge in [0.25, 0.3) is 0 Å². The van der Waals surface area contributed by atoms with Gasteiger partial charge in [-0.3, -0.25) is 0 Å². The fraction of sp³-hybridized carbons (Fsp3) is 0.0909. The summed E-state index contributed by atoms with van der Waals surface area (Å²) >= 11 is 0.979. The summed E-state index contributed by atoms with van der Waals surface area (Å²) in [7, 11) is 1.41. The minimum atomic E-state index is -1.05. The van der Waals surface area contributed by atoms with Crippen molar-refractivity contribution in [3.8, 4) is 16.3 Å². The van der Waals surface area contributed by atoms with Crippen LogP contribution in [0.4, 0.5) is 5.82 Å². The number of thiophene rings is 1. The molecule has 2 rings (SSSR count). The minimum Gasteiger partial charge on any atom is -0.492 e. The quantitative estimate of drug-likeness (QED) is 0.681. The lowest BCUT2D eigenvalue weighted by molar-refractivity contribution is -0.389. The Kier molecular flexibility index (Phi) is 3.43. The Hall–Kier alpha value is -2.48. The molecule has 0 amide bonds. The highest BCUT2D eigenvalue weighted by Crippen LogP contribution is 2.34. The topological polar surface area (TPSA) is 103 Å². The van der Waals surface area contributed by atoms with Gasteiger partial charge in [-0.25, -0.2) is 4.79 Å². The molecule has 2 aromatic heterocycles. The minimum absolute atomic E-state index is 0.130. The van der Waals surface area contributed by atoms with Gasteiger partial charge in [0.15, 0.2) is 5.75 Å². The van der Waals surface area contributed by atoms with Crippen molar-refractivity contribution in [2.24, 2.45) is 0 Å².